The first-order valence-corrected chi connectivity index (χ1v) is 6.69. The van der Waals surface area contributed by atoms with Gasteiger partial charge in [0.2, 0.25) is 0 Å². The standard InChI is InChI=1S/C16H16N2O2/c17-16-10-11(5-7-18-16)9-14(19)12-6-8-20-15-4-2-1-3-13(12)15/h1-5,7,10,12H,6,8-9H2,(H2,17,18). The molecule has 0 bridgehead atoms. The van der Waals surface area contributed by atoms with Gasteiger partial charge < -0.3 is 10.5 Å². The van der Waals surface area contributed by atoms with E-state index in [0.717, 1.165) is 23.3 Å². The Bertz CT molecular complexity index is 640. The number of nitrogens with two attached hydrogens (primary N) is 1. The summed E-state index contributed by atoms with van der Waals surface area (Å²) >= 11 is 0. The Morgan fingerprint density at radius 2 is 2.20 bits per heavy atom. The van der Waals surface area contributed by atoms with Crippen LogP contribution >= 0.6 is 0 Å². The number of anilines is 1. The van der Waals surface area contributed by atoms with E-state index in [1.165, 1.54) is 0 Å². The zero-order chi connectivity index (χ0) is 13.9. The molecule has 2 N–H and O–H groups in total. The third-order valence-corrected chi connectivity index (χ3v) is 3.57. The molecule has 2 aromatic rings. The van der Waals surface area contributed by atoms with Crippen LogP contribution in [0.25, 0.3) is 0 Å². The Labute approximate surface area is 117 Å². The third-order valence-electron chi connectivity index (χ3n) is 3.57. The summed E-state index contributed by atoms with van der Waals surface area (Å²) in [5, 5.41) is 0. The molecule has 1 aliphatic heterocycles. The summed E-state index contributed by atoms with van der Waals surface area (Å²) in [5.41, 5.74) is 7.55. The van der Waals surface area contributed by atoms with Crippen molar-refractivity contribution in [3.63, 3.8) is 0 Å². The van der Waals surface area contributed by atoms with Crippen LogP contribution in [-0.2, 0) is 11.2 Å². The molecule has 1 aliphatic rings. The topological polar surface area (TPSA) is 65.2 Å². The van der Waals surface area contributed by atoms with Crippen molar-refractivity contribution < 1.29 is 9.53 Å². The molecule has 0 amide bonds. The van der Waals surface area contributed by atoms with Crippen LogP contribution in [0.5, 0.6) is 5.75 Å². The number of carbonyl (C=O) groups excluding carboxylic acids is 1. The van der Waals surface area contributed by atoms with Gasteiger partial charge in [0, 0.05) is 24.1 Å². The maximum atomic E-state index is 12.5. The molecule has 1 aromatic heterocycles. The number of rotatable bonds is 3. The van der Waals surface area contributed by atoms with E-state index in [1.54, 1.807) is 12.3 Å². The lowest BCUT2D eigenvalue weighted by Gasteiger charge is -2.24. The zero-order valence-corrected chi connectivity index (χ0v) is 11.1. The highest BCUT2D eigenvalue weighted by Crippen LogP contribution is 2.34. The summed E-state index contributed by atoms with van der Waals surface area (Å²) in [7, 11) is 0. The molecule has 1 aromatic carbocycles. The fourth-order valence-electron chi connectivity index (χ4n) is 2.61. The normalized spacial score (nSPS) is 17.1. The second-order valence-corrected chi connectivity index (χ2v) is 4.96. The number of nitrogen functional groups attached to an aromatic ring is 1. The van der Waals surface area contributed by atoms with Crippen LogP contribution in [0.2, 0.25) is 0 Å². The molecular weight excluding hydrogens is 252 g/mol. The molecule has 102 valence electrons. The van der Waals surface area contributed by atoms with Crippen molar-refractivity contribution >= 4 is 11.6 Å². The van der Waals surface area contributed by atoms with Crippen molar-refractivity contribution in [3.05, 3.63) is 53.7 Å². The molecular formula is C16H16N2O2. The van der Waals surface area contributed by atoms with Crippen molar-refractivity contribution in [1.82, 2.24) is 4.98 Å². The van der Waals surface area contributed by atoms with E-state index in [1.807, 2.05) is 30.3 Å². The molecule has 4 heteroatoms. The van der Waals surface area contributed by atoms with Gasteiger partial charge in [-0.05, 0) is 30.2 Å². The maximum absolute atomic E-state index is 12.5. The predicted octanol–water partition coefficient (Wildman–Crippen LogP) is 2.34. The van der Waals surface area contributed by atoms with E-state index in [9.17, 15) is 4.79 Å². The summed E-state index contributed by atoms with van der Waals surface area (Å²) in [6.45, 7) is 0.589. The molecule has 3 rings (SSSR count). The van der Waals surface area contributed by atoms with Crippen LogP contribution in [0.3, 0.4) is 0 Å². The molecule has 0 spiro atoms. The van der Waals surface area contributed by atoms with Gasteiger partial charge >= 0.3 is 0 Å². The van der Waals surface area contributed by atoms with Crippen molar-refractivity contribution in [3.8, 4) is 5.75 Å². The number of Topliss-reactive ketones (excluding diaryl/α,β-unsaturated/α-hetero) is 1. The first-order valence-electron chi connectivity index (χ1n) is 6.69. The summed E-state index contributed by atoms with van der Waals surface area (Å²) in [5.74, 6) is 1.38. The van der Waals surface area contributed by atoms with Crippen LogP contribution in [0.4, 0.5) is 5.82 Å². The highest BCUT2D eigenvalue weighted by molar-refractivity contribution is 5.88. The van der Waals surface area contributed by atoms with Gasteiger partial charge in [-0.3, -0.25) is 4.79 Å². The maximum Gasteiger partial charge on any atom is 0.144 e. The number of ether oxygens (including phenoxy) is 1. The Balaban J connectivity index is 1.82. The number of carbonyl (C=O) groups is 1. The second-order valence-electron chi connectivity index (χ2n) is 4.96. The molecule has 0 fully saturated rings. The molecule has 0 radical (unpaired) electrons. The Morgan fingerprint density at radius 3 is 3.05 bits per heavy atom. The van der Waals surface area contributed by atoms with Gasteiger partial charge in [0.05, 0.1) is 6.61 Å². The largest absolute Gasteiger partial charge is 0.493 e. The highest BCUT2D eigenvalue weighted by Gasteiger charge is 2.27. The smallest absolute Gasteiger partial charge is 0.144 e. The van der Waals surface area contributed by atoms with Gasteiger partial charge in [-0.2, -0.15) is 0 Å². The average molecular weight is 268 g/mol. The summed E-state index contributed by atoms with van der Waals surface area (Å²) in [6, 6.07) is 11.3. The summed E-state index contributed by atoms with van der Waals surface area (Å²) in [4.78, 5) is 16.5. The molecule has 4 nitrogen and oxygen atoms in total. The fourth-order valence-corrected chi connectivity index (χ4v) is 2.61. The van der Waals surface area contributed by atoms with E-state index in [4.69, 9.17) is 10.5 Å². The number of para-hydroxylation sites is 1. The van der Waals surface area contributed by atoms with E-state index >= 15 is 0 Å². The van der Waals surface area contributed by atoms with E-state index < -0.39 is 0 Å². The van der Waals surface area contributed by atoms with Crippen molar-refractivity contribution in [2.75, 3.05) is 12.3 Å². The SMILES string of the molecule is Nc1cc(CC(=O)C2CCOc3ccccc32)ccn1. The van der Waals surface area contributed by atoms with Crippen LogP contribution < -0.4 is 10.5 Å². The first kappa shape index (κ1) is 12.7. The lowest BCUT2D eigenvalue weighted by molar-refractivity contribution is -0.120. The quantitative estimate of drug-likeness (QED) is 0.928. The number of ketones is 1. The van der Waals surface area contributed by atoms with Gasteiger partial charge in [-0.1, -0.05) is 18.2 Å². The number of pyridine rings is 1. The lowest BCUT2D eigenvalue weighted by Crippen LogP contribution is -2.22. The van der Waals surface area contributed by atoms with Gasteiger partial charge in [0.15, 0.2) is 0 Å². The van der Waals surface area contributed by atoms with Crippen LogP contribution in [0, 0.1) is 0 Å². The molecule has 2 heterocycles. The predicted molar refractivity (Wildman–Crippen MR) is 76.7 cm³/mol. The molecule has 1 atom stereocenters. The van der Waals surface area contributed by atoms with Crippen LogP contribution in [-0.4, -0.2) is 17.4 Å². The molecule has 0 saturated carbocycles. The monoisotopic (exact) mass is 268 g/mol. The number of nitrogens with zero attached hydrogens (tertiary/aromatic N) is 1. The number of benzene rings is 1. The second kappa shape index (κ2) is 5.33. The average Bonchev–Trinajstić information content (AvgIpc) is 2.46. The molecule has 0 saturated heterocycles. The highest BCUT2D eigenvalue weighted by atomic mass is 16.5. The molecule has 0 aliphatic carbocycles. The first-order chi connectivity index (χ1) is 9.74. The fraction of sp³-hybridized carbons (Fsp3) is 0.250. The van der Waals surface area contributed by atoms with Crippen LogP contribution in [0.1, 0.15) is 23.5 Å². The number of fused-ring (bicyclic) bond motifs is 1. The Morgan fingerprint density at radius 1 is 1.35 bits per heavy atom. The Kier molecular flexibility index (Phi) is 3.37. The van der Waals surface area contributed by atoms with E-state index in [0.29, 0.717) is 18.8 Å². The van der Waals surface area contributed by atoms with Gasteiger partial charge in [0.1, 0.15) is 17.4 Å². The van der Waals surface area contributed by atoms with Crippen LogP contribution in [0.15, 0.2) is 42.6 Å². The Hall–Kier alpha value is -2.36. The minimum Gasteiger partial charge on any atom is -0.493 e. The van der Waals surface area contributed by atoms with Crippen molar-refractivity contribution in [2.45, 2.75) is 18.8 Å². The van der Waals surface area contributed by atoms with E-state index in [-0.39, 0.29) is 11.7 Å². The third kappa shape index (κ3) is 2.50. The van der Waals surface area contributed by atoms with E-state index in [2.05, 4.69) is 4.98 Å². The van der Waals surface area contributed by atoms with Gasteiger partial charge in [0.25, 0.3) is 0 Å². The molecule has 20 heavy (non-hydrogen) atoms. The number of hydrogen-bond donors (Lipinski definition) is 1. The number of aromatic nitrogens is 1. The van der Waals surface area contributed by atoms with Gasteiger partial charge in [-0.15, -0.1) is 0 Å². The number of hydrogen-bond acceptors (Lipinski definition) is 4. The van der Waals surface area contributed by atoms with Gasteiger partial charge in [-0.25, -0.2) is 4.98 Å². The zero-order valence-electron chi connectivity index (χ0n) is 11.1. The van der Waals surface area contributed by atoms with Crippen molar-refractivity contribution in [1.29, 1.82) is 0 Å². The minimum absolute atomic E-state index is 0.0886. The minimum atomic E-state index is -0.0886. The summed E-state index contributed by atoms with van der Waals surface area (Å²) in [6.07, 6.45) is 2.75. The lowest BCUT2D eigenvalue weighted by atomic mass is 9.87. The summed E-state index contributed by atoms with van der Waals surface area (Å²) < 4.78 is 5.59. The molecule has 1 unspecified atom stereocenters. The van der Waals surface area contributed by atoms with Crippen molar-refractivity contribution in [2.24, 2.45) is 0 Å².